The fraction of sp³-hybridized carbons (Fsp3) is 0.391. The van der Waals surface area contributed by atoms with Crippen LogP contribution in [0.2, 0.25) is 0 Å². The van der Waals surface area contributed by atoms with Crippen molar-refractivity contribution in [2.24, 2.45) is 0 Å². The Morgan fingerprint density at radius 1 is 1.07 bits per heavy atom. The maximum absolute atomic E-state index is 12.9. The summed E-state index contributed by atoms with van der Waals surface area (Å²) >= 11 is 0. The Labute approximate surface area is 165 Å². The lowest BCUT2D eigenvalue weighted by Crippen LogP contribution is -2.39. The lowest BCUT2D eigenvalue weighted by Gasteiger charge is -2.25. The first-order valence-corrected chi connectivity index (χ1v) is 10.0. The van der Waals surface area contributed by atoms with Gasteiger partial charge in [-0.3, -0.25) is 9.59 Å². The molecule has 1 aliphatic heterocycles. The van der Waals surface area contributed by atoms with Crippen LogP contribution in [0, 0.1) is 6.92 Å². The highest BCUT2D eigenvalue weighted by Gasteiger charge is 2.30. The van der Waals surface area contributed by atoms with Gasteiger partial charge in [-0.1, -0.05) is 17.7 Å². The van der Waals surface area contributed by atoms with Gasteiger partial charge in [0.15, 0.2) is 0 Å². The number of nitrogens with one attached hydrogen (secondary N) is 1. The van der Waals surface area contributed by atoms with Gasteiger partial charge in [0.05, 0.1) is 6.04 Å². The summed E-state index contributed by atoms with van der Waals surface area (Å²) in [6.07, 6.45) is 4.09. The summed E-state index contributed by atoms with van der Waals surface area (Å²) in [5.41, 5.74) is 2.47. The largest absolute Gasteiger partial charge is 0.491 e. The SMILES string of the molecule is Cc1cccc(C(=O)N2CCCC2COc2ccc(C(=O)NC3CC3)cc2)c1. The van der Waals surface area contributed by atoms with Gasteiger partial charge in [-0.25, -0.2) is 0 Å². The summed E-state index contributed by atoms with van der Waals surface area (Å²) in [5.74, 6) is 0.763. The van der Waals surface area contributed by atoms with Gasteiger partial charge < -0.3 is 15.0 Å². The van der Waals surface area contributed by atoms with Crippen LogP contribution in [0.15, 0.2) is 48.5 Å². The summed E-state index contributed by atoms with van der Waals surface area (Å²) in [6, 6.07) is 15.4. The van der Waals surface area contributed by atoms with Crippen molar-refractivity contribution in [1.82, 2.24) is 10.2 Å². The number of carbonyl (C=O) groups excluding carboxylic acids is 2. The molecule has 2 aromatic carbocycles. The minimum absolute atomic E-state index is 0.0280. The third kappa shape index (κ3) is 4.35. The number of likely N-dealkylation sites (tertiary alicyclic amines) is 1. The van der Waals surface area contributed by atoms with Gasteiger partial charge in [0.2, 0.25) is 0 Å². The average Bonchev–Trinajstić information content (AvgIpc) is 3.39. The molecule has 5 nitrogen and oxygen atoms in total. The van der Waals surface area contributed by atoms with E-state index in [0.717, 1.165) is 49.1 Å². The molecular formula is C23H26N2O3. The van der Waals surface area contributed by atoms with E-state index < -0.39 is 0 Å². The third-order valence-corrected chi connectivity index (χ3v) is 5.37. The van der Waals surface area contributed by atoms with Crippen molar-refractivity contribution in [2.45, 2.75) is 44.7 Å². The predicted molar refractivity (Wildman–Crippen MR) is 108 cm³/mol. The summed E-state index contributed by atoms with van der Waals surface area (Å²) in [4.78, 5) is 26.8. The molecule has 2 aliphatic rings. The molecule has 146 valence electrons. The van der Waals surface area contributed by atoms with Crippen LogP contribution in [-0.4, -0.2) is 41.9 Å². The molecule has 28 heavy (non-hydrogen) atoms. The first-order chi connectivity index (χ1) is 13.6. The Bertz CT molecular complexity index is 858. The Morgan fingerprint density at radius 3 is 2.57 bits per heavy atom. The van der Waals surface area contributed by atoms with E-state index in [-0.39, 0.29) is 17.9 Å². The van der Waals surface area contributed by atoms with Gasteiger partial charge >= 0.3 is 0 Å². The van der Waals surface area contributed by atoms with Crippen LogP contribution in [0.1, 0.15) is 52.0 Å². The van der Waals surface area contributed by atoms with E-state index in [0.29, 0.717) is 18.2 Å². The molecule has 1 aliphatic carbocycles. The fourth-order valence-corrected chi connectivity index (χ4v) is 3.61. The Hall–Kier alpha value is -2.82. The molecule has 0 aromatic heterocycles. The highest BCUT2D eigenvalue weighted by Crippen LogP contribution is 2.23. The van der Waals surface area contributed by atoms with E-state index in [9.17, 15) is 9.59 Å². The van der Waals surface area contributed by atoms with E-state index in [1.807, 2.05) is 48.2 Å². The number of carbonyl (C=O) groups is 2. The molecule has 2 amide bonds. The van der Waals surface area contributed by atoms with E-state index in [2.05, 4.69) is 5.32 Å². The molecule has 2 aromatic rings. The van der Waals surface area contributed by atoms with Crippen molar-refractivity contribution in [3.63, 3.8) is 0 Å². The standard InChI is InChI=1S/C23H26N2O3/c1-16-4-2-5-18(14-16)23(27)25-13-3-6-20(25)15-28-21-11-7-17(8-12-21)22(26)24-19-9-10-19/h2,4-5,7-8,11-12,14,19-20H,3,6,9-10,13,15H2,1H3,(H,24,26). The topological polar surface area (TPSA) is 58.6 Å². The van der Waals surface area contributed by atoms with Gasteiger partial charge in [-0.05, 0) is 69.0 Å². The Morgan fingerprint density at radius 2 is 1.86 bits per heavy atom. The summed E-state index contributed by atoms with van der Waals surface area (Å²) in [5, 5.41) is 2.98. The molecule has 4 rings (SSSR count). The van der Waals surface area contributed by atoms with Crippen molar-refractivity contribution >= 4 is 11.8 Å². The minimum atomic E-state index is -0.0280. The second kappa shape index (κ2) is 8.05. The Kier molecular flexibility index (Phi) is 5.33. The maximum Gasteiger partial charge on any atom is 0.254 e. The number of benzene rings is 2. The summed E-state index contributed by atoms with van der Waals surface area (Å²) in [6.45, 7) is 3.22. The second-order valence-corrected chi connectivity index (χ2v) is 7.75. The second-order valence-electron chi connectivity index (χ2n) is 7.75. The van der Waals surface area contributed by atoms with E-state index in [1.54, 1.807) is 12.1 Å². The molecule has 2 fully saturated rings. The molecule has 5 heteroatoms. The van der Waals surface area contributed by atoms with Gasteiger partial charge in [-0.2, -0.15) is 0 Å². The Balaban J connectivity index is 1.34. The third-order valence-electron chi connectivity index (χ3n) is 5.37. The van der Waals surface area contributed by atoms with E-state index in [1.165, 1.54) is 0 Å². The quantitative estimate of drug-likeness (QED) is 0.836. The molecule has 0 spiro atoms. The lowest BCUT2D eigenvalue weighted by molar-refractivity contribution is 0.0691. The number of aryl methyl sites for hydroxylation is 1. The molecule has 1 heterocycles. The molecule has 0 bridgehead atoms. The smallest absolute Gasteiger partial charge is 0.254 e. The number of rotatable bonds is 6. The average molecular weight is 378 g/mol. The van der Waals surface area contributed by atoms with Crippen molar-refractivity contribution in [3.8, 4) is 5.75 Å². The number of hydrogen-bond acceptors (Lipinski definition) is 3. The van der Waals surface area contributed by atoms with Crippen LogP contribution < -0.4 is 10.1 Å². The zero-order valence-corrected chi connectivity index (χ0v) is 16.2. The van der Waals surface area contributed by atoms with Gasteiger partial charge in [0, 0.05) is 23.7 Å². The molecule has 1 atom stereocenters. The zero-order valence-electron chi connectivity index (χ0n) is 16.2. The number of nitrogens with zero attached hydrogens (tertiary/aromatic N) is 1. The van der Waals surface area contributed by atoms with Crippen molar-refractivity contribution in [1.29, 1.82) is 0 Å². The van der Waals surface area contributed by atoms with Crippen LogP contribution in [0.4, 0.5) is 0 Å². The first-order valence-electron chi connectivity index (χ1n) is 10.0. The number of hydrogen-bond donors (Lipinski definition) is 1. The predicted octanol–water partition coefficient (Wildman–Crippen LogP) is 3.57. The number of ether oxygens (including phenoxy) is 1. The van der Waals surface area contributed by atoms with Crippen LogP contribution in [0.5, 0.6) is 5.75 Å². The summed E-state index contributed by atoms with van der Waals surface area (Å²) in [7, 11) is 0. The lowest BCUT2D eigenvalue weighted by atomic mass is 10.1. The normalized spacial score (nSPS) is 18.8. The minimum Gasteiger partial charge on any atom is -0.491 e. The van der Waals surface area contributed by atoms with Gasteiger partial charge in [-0.15, -0.1) is 0 Å². The number of amides is 2. The fourth-order valence-electron chi connectivity index (χ4n) is 3.61. The van der Waals surface area contributed by atoms with Crippen molar-refractivity contribution < 1.29 is 14.3 Å². The van der Waals surface area contributed by atoms with Crippen LogP contribution in [0.25, 0.3) is 0 Å². The van der Waals surface area contributed by atoms with Crippen molar-refractivity contribution in [2.75, 3.05) is 13.2 Å². The van der Waals surface area contributed by atoms with Crippen LogP contribution >= 0.6 is 0 Å². The maximum atomic E-state index is 12.9. The molecule has 1 saturated carbocycles. The van der Waals surface area contributed by atoms with E-state index >= 15 is 0 Å². The van der Waals surface area contributed by atoms with Crippen LogP contribution in [-0.2, 0) is 0 Å². The highest BCUT2D eigenvalue weighted by atomic mass is 16.5. The highest BCUT2D eigenvalue weighted by molar-refractivity contribution is 5.95. The molecule has 1 unspecified atom stereocenters. The van der Waals surface area contributed by atoms with E-state index in [4.69, 9.17) is 4.74 Å². The molecule has 0 radical (unpaired) electrons. The first kappa shape index (κ1) is 18.5. The molecule has 1 saturated heterocycles. The zero-order chi connectivity index (χ0) is 19.5. The summed E-state index contributed by atoms with van der Waals surface area (Å²) < 4.78 is 5.93. The van der Waals surface area contributed by atoms with Gasteiger partial charge in [0.25, 0.3) is 11.8 Å². The molecule has 1 N–H and O–H groups in total. The molecular weight excluding hydrogens is 352 g/mol. The monoisotopic (exact) mass is 378 g/mol. The van der Waals surface area contributed by atoms with Crippen molar-refractivity contribution in [3.05, 3.63) is 65.2 Å². The van der Waals surface area contributed by atoms with Gasteiger partial charge in [0.1, 0.15) is 12.4 Å². The van der Waals surface area contributed by atoms with Crippen LogP contribution in [0.3, 0.4) is 0 Å².